The smallest absolute Gasteiger partial charge is 0.324 e. The van der Waals surface area contributed by atoms with Crippen molar-refractivity contribution in [3.8, 4) is 0 Å². The van der Waals surface area contributed by atoms with Crippen LogP contribution in [0, 0.1) is 0 Å². The standard InChI is InChI=1S/C9H8N2O2S/c12-9(13)5-11-6-10-7-3-1-2-4-8(7)14-11/h1-4,6H,5H2,(H,12,13). The summed E-state index contributed by atoms with van der Waals surface area (Å²) in [6, 6.07) is 7.64. The van der Waals surface area contributed by atoms with E-state index in [0.717, 1.165) is 10.6 Å². The molecule has 1 heterocycles. The fourth-order valence-corrected chi connectivity index (χ4v) is 2.00. The highest BCUT2D eigenvalue weighted by atomic mass is 32.2. The molecule has 2 rings (SSSR count). The lowest BCUT2D eigenvalue weighted by Gasteiger charge is -2.20. The molecule has 72 valence electrons. The molecular weight excluding hydrogens is 200 g/mol. The van der Waals surface area contributed by atoms with Crippen LogP contribution in [0.15, 0.2) is 34.2 Å². The number of aliphatic carboxylic acids is 1. The van der Waals surface area contributed by atoms with Crippen molar-refractivity contribution in [2.45, 2.75) is 4.90 Å². The zero-order valence-corrected chi connectivity index (χ0v) is 8.07. The van der Waals surface area contributed by atoms with Gasteiger partial charge in [-0.3, -0.25) is 9.10 Å². The molecule has 1 aliphatic rings. The first-order valence-corrected chi connectivity index (χ1v) is 4.82. The van der Waals surface area contributed by atoms with Gasteiger partial charge in [-0.25, -0.2) is 4.99 Å². The molecule has 1 N–H and O–H groups in total. The number of fused-ring (bicyclic) bond motifs is 1. The average molecular weight is 208 g/mol. The van der Waals surface area contributed by atoms with Gasteiger partial charge in [0.2, 0.25) is 0 Å². The van der Waals surface area contributed by atoms with Crippen LogP contribution in [0.25, 0.3) is 0 Å². The normalized spacial score (nSPS) is 13.9. The fraction of sp³-hybridized carbons (Fsp3) is 0.111. The number of hydrogen-bond acceptors (Lipinski definition) is 4. The summed E-state index contributed by atoms with van der Waals surface area (Å²) in [5.74, 6) is -0.858. The number of hydrogen-bond donors (Lipinski definition) is 1. The average Bonchev–Trinajstić information content (AvgIpc) is 2.17. The molecule has 0 bridgehead atoms. The summed E-state index contributed by atoms with van der Waals surface area (Å²) in [5, 5.41) is 8.60. The molecule has 14 heavy (non-hydrogen) atoms. The molecule has 1 aliphatic heterocycles. The van der Waals surface area contributed by atoms with Crippen molar-refractivity contribution in [2.75, 3.05) is 6.54 Å². The minimum absolute atomic E-state index is 0.0392. The Balaban J connectivity index is 2.17. The van der Waals surface area contributed by atoms with Crippen molar-refractivity contribution in [1.29, 1.82) is 0 Å². The summed E-state index contributed by atoms with van der Waals surface area (Å²) in [6.07, 6.45) is 1.54. The van der Waals surface area contributed by atoms with Crippen LogP contribution in [0.1, 0.15) is 0 Å². The van der Waals surface area contributed by atoms with Gasteiger partial charge in [0, 0.05) is 0 Å². The molecule has 5 heteroatoms. The van der Waals surface area contributed by atoms with Gasteiger partial charge in [-0.1, -0.05) is 12.1 Å². The van der Waals surface area contributed by atoms with Gasteiger partial charge in [0.15, 0.2) is 0 Å². The predicted octanol–water partition coefficient (Wildman–Crippen LogP) is 1.75. The zero-order valence-electron chi connectivity index (χ0n) is 7.25. The van der Waals surface area contributed by atoms with Crippen LogP contribution in [0.4, 0.5) is 5.69 Å². The molecule has 0 unspecified atom stereocenters. The third-order valence-electron chi connectivity index (χ3n) is 1.70. The lowest BCUT2D eigenvalue weighted by Crippen LogP contribution is -2.23. The highest BCUT2D eigenvalue weighted by Crippen LogP contribution is 2.34. The number of para-hydroxylation sites is 1. The van der Waals surface area contributed by atoms with Crippen molar-refractivity contribution < 1.29 is 9.90 Å². The Hall–Kier alpha value is -1.49. The van der Waals surface area contributed by atoms with Gasteiger partial charge in [0.1, 0.15) is 12.9 Å². The summed E-state index contributed by atoms with van der Waals surface area (Å²) >= 11 is 1.39. The van der Waals surface area contributed by atoms with Crippen molar-refractivity contribution in [3.63, 3.8) is 0 Å². The number of aliphatic imine (C=N–C) groups is 1. The minimum Gasteiger partial charge on any atom is -0.480 e. The number of nitrogens with zero attached hydrogens (tertiary/aromatic N) is 2. The van der Waals surface area contributed by atoms with Crippen LogP contribution >= 0.6 is 11.9 Å². The molecule has 0 spiro atoms. The summed E-state index contributed by atoms with van der Waals surface area (Å²) in [5.41, 5.74) is 0.888. The molecule has 0 atom stereocenters. The highest BCUT2D eigenvalue weighted by Gasteiger charge is 2.14. The molecule has 0 radical (unpaired) electrons. The molecule has 0 fully saturated rings. The van der Waals surface area contributed by atoms with E-state index in [9.17, 15) is 4.79 Å². The Morgan fingerprint density at radius 3 is 3.07 bits per heavy atom. The van der Waals surface area contributed by atoms with E-state index in [1.165, 1.54) is 11.9 Å². The Bertz CT molecular complexity index is 392. The van der Waals surface area contributed by atoms with E-state index in [-0.39, 0.29) is 6.54 Å². The van der Waals surface area contributed by atoms with Crippen molar-refractivity contribution in [3.05, 3.63) is 24.3 Å². The van der Waals surface area contributed by atoms with E-state index in [2.05, 4.69) is 4.99 Å². The first-order valence-electron chi connectivity index (χ1n) is 4.05. The van der Waals surface area contributed by atoms with E-state index >= 15 is 0 Å². The van der Waals surface area contributed by atoms with Gasteiger partial charge < -0.3 is 5.11 Å². The Labute approximate surface area is 85.4 Å². The van der Waals surface area contributed by atoms with E-state index in [0.29, 0.717) is 0 Å². The number of carboxylic acids is 1. The van der Waals surface area contributed by atoms with Gasteiger partial charge in [-0.2, -0.15) is 0 Å². The number of rotatable bonds is 2. The van der Waals surface area contributed by atoms with Crippen LogP contribution in [-0.2, 0) is 4.79 Å². The van der Waals surface area contributed by atoms with Gasteiger partial charge >= 0.3 is 5.97 Å². The molecule has 0 saturated heterocycles. The van der Waals surface area contributed by atoms with Crippen LogP contribution in [-0.4, -0.2) is 28.3 Å². The maximum Gasteiger partial charge on any atom is 0.324 e. The number of benzene rings is 1. The minimum atomic E-state index is -0.858. The second-order valence-electron chi connectivity index (χ2n) is 2.77. The van der Waals surface area contributed by atoms with E-state index in [4.69, 9.17) is 5.11 Å². The Kier molecular flexibility index (Phi) is 2.41. The van der Waals surface area contributed by atoms with E-state index in [1.54, 1.807) is 10.6 Å². The van der Waals surface area contributed by atoms with Gasteiger partial charge in [-0.15, -0.1) is 0 Å². The molecule has 1 aromatic carbocycles. The largest absolute Gasteiger partial charge is 0.480 e. The maximum absolute atomic E-state index is 10.5. The first-order chi connectivity index (χ1) is 6.75. The van der Waals surface area contributed by atoms with Gasteiger partial charge in [-0.05, 0) is 24.1 Å². The van der Waals surface area contributed by atoms with Crippen molar-refractivity contribution in [1.82, 2.24) is 4.31 Å². The van der Waals surface area contributed by atoms with Crippen LogP contribution < -0.4 is 0 Å². The quantitative estimate of drug-likeness (QED) is 0.752. The lowest BCUT2D eigenvalue weighted by atomic mass is 10.3. The molecule has 0 aromatic heterocycles. The summed E-state index contributed by atoms with van der Waals surface area (Å²) < 4.78 is 1.59. The number of carbonyl (C=O) groups is 1. The highest BCUT2D eigenvalue weighted by molar-refractivity contribution is 7.97. The lowest BCUT2D eigenvalue weighted by molar-refractivity contribution is -0.136. The predicted molar refractivity (Wildman–Crippen MR) is 54.8 cm³/mol. The SMILES string of the molecule is O=C(O)CN1C=Nc2ccccc2S1. The monoisotopic (exact) mass is 208 g/mol. The van der Waals surface area contributed by atoms with Crippen molar-refractivity contribution in [2.24, 2.45) is 4.99 Å². The number of carboxylic acid groups (broad SMARTS) is 1. The summed E-state index contributed by atoms with van der Waals surface area (Å²) in [6.45, 7) is -0.0392. The molecule has 4 nitrogen and oxygen atoms in total. The van der Waals surface area contributed by atoms with Crippen LogP contribution in [0.5, 0.6) is 0 Å². The molecule has 1 aromatic rings. The summed E-state index contributed by atoms with van der Waals surface area (Å²) in [4.78, 5) is 15.6. The van der Waals surface area contributed by atoms with Gasteiger partial charge in [0.25, 0.3) is 0 Å². The maximum atomic E-state index is 10.5. The van der Waals surface area contributed by atoms with Gasteiger partial charge in [0.05, 0.1) is 10.6 Å². The third kappa shape index (κ3) is 1.88. The second kappa shape index (κ2) is 3.71. The topological polar surface area (TPSA) is 52.9 Å². The molecule has 0 saturated carbocycles. The van der Waals surface area contributed by atoms with E-state index < -0.39 is 5.97 Å². The van der Waals surface area contributed by atoms with Crippen LogP contribution in [0.3, 0.4) is 0 Å². The van der Waals surface area contributed by atoms with Crippen molar-refractivity contribution >= 4 is 29.9 Å². The van der Waals surface area contributed by atoms with Crippen LogP contribution in [0.2, 0.25) is 0 Å². The first kappa shape index (κ1) is 9.08. The Morgan fingerprint density at radius 1 is 1.50 bits per heavy atom. The third-order valence-corrected chi connectivity index (χ3v) is 2.70. The zero-order chi connectivity index (χ0) is 9.97. The summed E-state index contributed by atoms with van der Waals surface area (Å²) in [7, 11) is 0. The molecular formula is C9H8N2O2S. The second-order valence-corrected chi connectivity index (χ2v) is 3.86. The molecule has 0 aliphatic carbocycles. The fourth-order valence-electron chi connectivity index (χ4n) is 1.12. The molecule has 0 amide bonds. The Morgan fingerprint density at radius 2 is 2.29 bits per heavy atom. The van der Waals surface area contributed by atoms with E-state index in [1.807, 2.05) is 24.3 Å².